The molecule has 6 heteroatoms. The van der Waals surface area contributed by atoms with Crippen LogP contribution in [0.4, 0.5) is 0 Å². The third-order valence-electron chi connectivity index (χ3n) is 5.72. The summed E-state index contributed by atoms with van der Waals surface area (Å²) >= 11 is 0. The zero-order valence-corrected chi connectivity index (χ0v) is 16.9. The fourth-order valence-corrected chi connectivity index (χ4v) is 4.29. The highest BCUT2D eigenvalue weighted by Crippen LogP contribution is 2.41. The van der Waals surface area contributed by atoms with Crippen molar-refractivity contribution in [3.8, 4) is 5.75 Å². The lowest BCUT2D eigenvalue weighted by Crippen LogP contribution is -2.29. The van der Waals surface area contributed by atoms with Gasteiger partial charge in [-0.1, -0.05) is 30.3 Å². The molecule has 1 fully saturated rings. The first-order valence-corrected chi connectivity index (χ1v) is 10.2. The molecule has 3 aromatic rings. The Hall–Kier alpha value is -3.80. The SMILES string of the molecule is C[C@@H]1Cc2cc(C(O)=C3C(=O)C(=O)N(Cc4ccccc4)[C@H]3c3ccco3)ccc2O1. The van der Waals surface area contributed by atoms with E-state index in [9.17, 15) is 14.7 Å². The lowest BCUT2D eigenvalue weighted by molar-refractivity contribution is -0.140. The molecule has 0 spiro atoms. The Balaban J connectivity index is 1.60. The zero-order valence-electron chi connectivity index (χ0n) is 16.9. The summed E-state index contributed by atoms with van der Waals surface area (Å²) in [6.07, 6.45) is 2.28. The zero-order chi connectivity index (χ0) is 21.5. The van der Waals surface area contributed by atoms with Gasteiger partial charge < -0.3 is 19.2 Å². The highest BCUT2D eigenvalue weighted by Gasteiger charge is 2.47. The van der Waals surface area contributed by atoms with Crippen LogP contribution in [-0.2, 0) is 22.6 Å². The summed E-state index contributed by atoms with van der Waals surface area (Å²) in [6, 6.07) is 17.3. The van der Waals surface area contributed by atoms with Crippen molar-refractivity contribution in [1.29, 1.82) is 0 Å². The van der Waals surface area contributed by atoms with Gasteiger partial charge in [0.1, 0.15) is 29.4 Å². The molecule has 0 radical (unpaired) electrons. The molecule has 0 saturated carbocycles. The molecular formula is C25H21NO5. The summed E-state index contributed by atoms with van der Waals surface area (Å²) in [6.45, 7) is 2.20. The van der Waals surface area contributed by atoms with Crippen LogP contribution in [0.25, 0.3) is 5.76 Å². The number of carbonyl (C=O) groups excluding carboxylic acids is 2. The molecule has 0 unspecified atom stereocenters. The minimum Gasteiger partial charge on any atom is -0.507 e. The normalized spacial score (nSPS) is 21.9. The molecular weight excluding hydrogens is 394 g/mol. The molecule has 2 atom stereocenters. The van der Waals surface area contributed by atoms with Gasteiger partial charge >= 0.3 is 0 Å². The van der Waals surface area contributed by atoms with Crippen LogP contribution in [0.1, 0.15) is 35.4 Å². The first kappa shape index (κ1) is 19.2. The Kier molecular flexibility index (Phi) is 4.62. The number of fused-ring (bicyclic) bond motifs is 1. The third-order valence-corrected chi connectivity index (χ3v) is 5.72. The van der Waals surface area contributed by atoms with Crippen molar-refractivity contribution < 1.29 is 23.8 Å². The number of hydrogen-bond donors (Lipinski definition) is 1. The number of Topliss-reactive ketones (excluding diaryl/α,β-unsaturated/α-hetero) is 1. The quantitative estimate of drug-likeness (QED) is 0.392. The third kappa shape index (κ3) is 3.30. The van der Waals surface area contributed by atoms with Crippen molar-refractivity contribution in [2.45, 2.75) is 32.0 Å². The molecule has 1 amide bonds. The molecule has 2 aliphatic rings. The van der Waals surface area contributed by atoms with Crippen LogP contribution < -0.4 is 4.74 Å². The smallest absolute Gasteiger partial charge is 0.296 e. The second kappa shape index (κ2) is 7.47. The van der Waals surface area contributed by atoms with Crippen molar-refractivity contribution in [3.05, 3.63) is 95.0 Å². The monoisotopic (exact) mass is 415 g/mol. The van der Waals surface area contributed by atoms with E-state index in [1.807, 2.05) is 43.3 Å². The van der Waals surface area contributed by atoms with Crippen LogP contribution >= 0.6 is 0 Å². The van der Waals surface area contributed by atoms with Crippen LogP contribution in [0.3, 0.4) is 0 Å². The number of ether oxygens (including phenoxy) is 1. The number of carbonyl (C=O) groups is 2. The standard InChI is InChI=1S/C25H21NO5/c1-15-12-18-13-17(9-10-19(18)31-15)23(27)21-22(20-8-5-11-30-20)26(25(29)24(21)28)14-16-6-3-2-4-7-16/h2-11,13,15,22,27H,12,14H2,1H3/t15-,22+/m1/s1. The number of ketones is 1. The molecule has 5 rings (SSSR count). The first-order valence-electron chi connectivity index (χ1n) is 10.2. The Morgan fingerprint density at radius 1 is 1.10 bits per heavy atom. The van der Waals surface area contributed by atoms with Gasteiger partial charge in [0.05, 0.1) is 11.8 Å². The number of nitrogens with zero attached hydrogens (tertiary/aromatic N) is 1. The van der Waals surface area contributed by atoms with Crippen molar-refractivity contribution in [2.75, 3.05) is 0 Å². The second-order valence-electron chi connectivity index (χ2n) is 7.88. The molecule has 1 saturated heterocycles. The van der Waals surface area contributed by atoms with Crippen LogP contribution in [0.5, 0.6) is 5.75 Å². The fourth-order valence-electron chi connectivity index (χ4n) is 4.29. The molecule has 3 heterocycles. The van der Waals surface area contributed by atoms with E-state index in [1.54, 1.807) is 24.3 Å². The van der Waals surface area contributed by atoms with Crippen molar-refractivity contribution in [1.82, 2.24) is 4.90 Å². The number of aliphatic hydroxyl groups is 1. The highest BCUT2D eigenvalue weighted by molar-refractivity contribution is 6.46. The number of aliphatic hydroxyl groups excluding tert-OH is 1. The molecule has 2 aromatic carbocycles. The number of furan rings is 1. The van der Waals surface area contributed by atoms with Gasteiger partial charge in [0.15, 0.2) is 0 Å². The number of rotatable bonds is 4. The van der Waals surface area contributed by atoms with E-state index in [2.05, 4.69) is 0 Å². The van der Waals surface area contributed by atoms with Gasteiger partial charge in [0.2, 0.25) is 0 Å². The molecule has 1 N–H and O–H groups in total. The van der Waals surface area contributed by atoms with Crippen LogP contribution in [0.2, 0.25) is 0 Å². The highest BCUT2D eigenvalue weighted by atomic mass is 16.5. The van der Waals surface area contributed by atoms with E-state index in [4.69, 9.17) is 9.15 Å². The molecule has 1 aromatic heterocycles. The second-order valence-corrected chi connectivity index (χ2v) is 7.88. The minimum atomic E-state index is -0.807. The van der Waals surface area contributed by atoms with E-state index in [0.717, 1.165) is 23.3 Å². The molecule has 31 heavy (non-hydrogen) atoms. The van der Waals surface area contributed by atoms with Gasteiger partial charge in [0, 0.05) is 18.5 Å². The lowest BCUT2D eigenvalue weighted by atomic mass is 9.97. The summed E-state index contributed by atoms with van der Waals surface area (Å²) in [5, 5.41) is 11.2. The summed E-state index contributed by atoms with van der Waals surface area (Å²) in [7, 11) is 0. The van der Waals surface area contributed by atoms with E-state index in [1.165, 1.54) is 11.2 Å². The number of likely N-dealkylation sites (tertiary alicyclic amines) is 1. The fraction of sp³-hybridized carbons (Fsp3) is 0.200. The topological polar surface area (TPSA) is 80.0 Å². The van der Waals surface area contributed by atoms with Crippen molar-refractivity contribution >= 4 is 17.4 Å². The Bertz CT molecular complexity index is 1180. The maximum Gasteiger partial charge on any atom is 0.296 e. The van der Waals surface area contributed by atoms with Gasteiger partial charge in [-0.15, -0.1) is 0 Å². The summed E-state index contributed by atoms with van der Waals surface area (Å²) < 4.78 is 11.3. The number of amides is 1. The minimum absolute atomic E-state index is 0.0304. The Morgan fingerprint density at radius 3 is 2.65 bits per heavy atom. The number of benzene rings is 2. The van der Waals surface area contributed by atoms with E-state index < -0.39 is 17.7 Å². The van der Waals surface area contributed by atoms with Gasteiger partial charge in [-0.3, -0.25) is 9.59 Å². The molecule has 0 aliphatic carbocycles. The molecule has 2 aliphatic heterocycles. The molecule has 0 bridgehead atoms. The van der Waals surface area contributed by atoms with Crippen LogP contribution in [0.15, 0.2) is 76.9 Å². The number of hydrogen-bond acceptors (Lipinski definition) is 5. The van der Waals surface area contributed by atoms with E-state index >= 15 is 0 Å². The largest absolute Gasteiger partial charge is 0.507 e. The maximum absolute atomic E-state index is 13.0. The molecule has 6 nitrogen and oxygen atoms in total. The Morgan fingerprint density at radius 2 is 1.90 bits per heavy atom. The van der Waals surface area contributed by atoms with Crippen LogP contribution in [-0.4, -0.2) is 27.8 Å². The van der Waals surface area contributed by atoms with Crippen LogP contribution in [0, 0.1) is 0 Å². The van der Waals surface area contributed by atoms with E-state index in [-0.39, 0.29) is 24.0 Å². The van der Waals surface area contributed by atoms with Gasteiger partial charge in [0.25, 0.3) is 11.7 Å². The van der Waals surface area contributed by atoms with Crippen molar-refractivity contribution in [3.63, 3.8) is 0 Å². The first-order chi connectivity index (χ1) is 15.0. The van der Waals surface area contributed by atoms with Gasteiger partial charge in [-0.2, -0.15) is 0 Å². The summed E-state index contributed by atoms with van der Waals surface area (Å²) in [4.78, 5) is 27.4. The summed E-state index contributed by atoms with van der Waals surface area (Å²) in [5.41, 5.74) is 2.35. The van der Waals surface area contributed by atoms with Gasteiger partial charge in [-0.25, -0.2) is 0 Å². The average molecular weight is 415 g/mol. The van der Waals surface area contributed by atoms with Gasteiger partial charge in [-0.05, 0) is 48.4 Å². The van der Waals surface area contributed by atoms with Crippen molar-refractivity contribution in [2.24, 2.45) is 0 Å². The molecule has 156 valence electrons. The average Bonchev–Trinajstić information content (AvgIpc) is 3.48. The predicted octanol–water partition coefficient (Wildman–Crippen LogP) is 4.22. The maximum atomic E-state index is 13.0. The summed E-state index contributed by atoms with van der Waals surface area (Å²) in [5.74, 6) is -0.395. The predicted molar refractivity (Wildman–Crippen MR) is 113 cm³/mol. The Labute approximate surface area is 179 Å². The lowest BCUT2D eigenvalue weighted by Gasteiger charge is -2.23. The van der Waals surface area contributed by atoms with E-state index in [0.29, 0.717) is 11.3 Å².